The van der Waals surface area contributed by atoms with Crippen molar-refractivity contribution in [3.8, 4) is 0 Å². The molecule has 3 rings (SSSR count). The first-order valence-corrected chi connectivity index (χ1v) is 7.42. The molecule has 0 aromatic carbocycles. The summed E-state index contributed by atoms with van der Waals surface area (Å²) in [4.78, 5) is 8.03. The van der Waals surface area contributed by atoms with E-state index in [1.54, 1.807) is 0 Å². The molecule has 0 spiro atoms. The first-order chi connectivity index (χ1) is 8.24. The van der Waals surface area contributed by atoms with E-state index in [2.05, 4.69) is 28.7 Å². The molecule has 3 unspecified atom stereocenters. The number of piperazine rings is 1. The Labute approximate surface area is 106 Å². The lowest BCUT2D eigenvalue weighted by molar-refractivity contribution is 0.0321. The van der Waals surface area contributed by atoms with E-state index in [4.69, 9.17) is 0 Å². The molecule has 0 radical (unpaired) electrons. The zero-order valence-electron chi connectivity index (χ0n) is 11.4. The Hall–Kier alpha value is -0.120. The molecule has 17 heavy (non-hydrogen) atoms. The second-order valence-electron chi connectivity index (χ2n) is 6.33. The number of hydrogen-bond donors (Lipinski definition) is 0. The molecule has 3 fully saturated rings. The van der Waals surface area contributed by atoms with Gasteiger partial charge in [-0.25, -0.2) is 0 Å². The Kier molecular flexibility index (Phi) is 3.42. The average Bonchev–Trinajstić information content (AvgIpc) is 2.79. The van der Waals surface area contributed by atoms with Crippen LogP contribution in [0.1, 0.15) is 32.6 Å². The van der Waals surface area contributed by atoms with Gasteiger partial charge >= 0.3 is 0 Å². The zero-order valence-corrected chi connectivity index (χ0v) is 11.4. The molecule has 3 aliphatic rings. The number of rotatable bonds is 1. The molecule has 3 heteroatoms. The molecule has 0 saturated carbocycles. The SMILES string of the molecule is CC1CC(N2CCN3CCCC3C2)CCN1C. The van der Waals surface area contributed by atoms with Crippen molar-refractivity contribution in [2.45, 2.75) is 50.7 Å². The predicted octanol–water partition coefficient (Wildman–Crippen LogP) is 1.25. The fourth-order valence-corrected chi connectivity index (χ4v) is 3.94. The number of nitrogens with zero attached hydrogens (tertiary/aromatic N) is 3. The molecule has 3 heterocycles. The maximum absolute atomic E-state index is 2.80. The molecule has 0 aromatic rings. The summed E-state index contributed by atoms with van der Waals surface area (Å²) in [6.45, 7) is 9.03. The third-order valence-electron chi connectivity index (χ3n) is 5.32. The van der Waals surface area contributed by atoms with E-state index in [0.717, 1.165) is 18.1 Å². The van der Waals surface area contributed by atoms with Gasteiger partial charge < -0.3 is 4.90 Å². The fourth-order valence-electron chi connectivity index (χ4n) is 3.94. The minimum absolute atomic E-state index is 0.773. The predicted molar refractivity (Wildman–Crippen MR) is 71.3 cm³/mol. The molecule has 0 bridgehead atoms. The van der Waals surface area contributed by atoms with E-state index in [9.17, 15) is 0 Å². The summed E-state index contributed by atoms with van der Waals surface area (Å²) < 4.78 is 0. The van der Waals surface area contributed by atoms with Gasteiger partial charge in [0, 0.05) is 37.8 Å². The van der Waals surface area contributed by atoms with E-state index < -0.39 is 0 Å². The summed E-state index contributed by atoms with van der Waals surface area (Å²) in [6, 6.07) is 2.53. The third kappa shape index (κ3) is 2.38. The van der Waals surface area contributed by atoms with Crippen molar-refractivity contribution in [1.82, 2.24) is 14.7 Å². The quantitative estimate of drug-likeness (QED) is 0.679. The first-order valence-electron chi connectivity index (χ1n) is 7.42. The summed E-state index contributed by atoms with van der Waals surface area (Å²) in [6.07, 6.45) is 5.64. The summed E-state index contributed by atoms with van der Waals surface area (Å²) in [7, 11) is 2.27. The van der Waals surface area contributed by atoms with Crippen LogP contribution in [-0.2, 0) is 0 Å². The van der Waals surface area contributed by atoms with Gasteiger partial charge in [-0.1, -0.05) is 0 Å². The van der Waals surface area contributed by atoms with Crippen LogP contribution in [0.15, 0.2) is 0 Å². The van der Waals surface area contributed by atoms with Crippen molar-refractivity contribution in [2.24, 2.45) is 0 Å². The van der Waals surface area contributed by atoms with Crippen LogP contribution in [-0.4, -0.2) is 72.6 Å². The highest BCUT2D eigenvalue weighted by Crippen LogP contribution is 2.27. The maximum atomic E-state index is 2.80. The Morgan fingerprint density at radius 3 is 2.53 bits per heavy atom. The molecule has 3 atom stereocenters. The fraction of sp³-hybridized carbons (Fsp3) is 1.00. The first kappa shape index (κ1) is 11.9. The standard InChI is InChI=1S/C14H27N3/c1-12-10-13(5-7-15(12)2)17-9-8-16-6-3-4-14(16)11-17/h12-14H,3-11H2,1-2H3. The van der Waals surface area contributed by atoms with Gasteiger partial charge in [-0.3, -0.25) is 9.80 Å². The highest BCUT2D eigenvalue weighted by molar-refractivity contribution is 4.91. The minimum Gasteiger partial charge on any atom is -0.304 e. The molecular formula is C14H27N3. The van der Waals surface area contributed by atoms with Gasteiger partial charge in [0.05, 0.1) is 0 Å². The van der Waals surface area contributed by atoms with Crippen molar-refractivity contribution < 1.29 is 0 Å². The lowest BCUT2D eigenvalue weighted by Crippen LogP contribution is -2.56. The van der Waals surface area contributed by atoms with Crippen molar-refractivity contribution in [2.75, 3.05) is 39.8 Å². The number of hydrogen-bond acceptors (Lipinski definition) is 3. The lowest BCUT2D eigenvalue weighted by atomic mass is 9.96. The van der Waals surface area contributed by atoms with Crippen LogP contribution in [0.3, 0.4) is 0 Å². The van der Waals surface area contributed by atoms with Gasteiger partial charge in [-0.15, -0.1) is 0 Å². The Morgan fingerprint density at radius 2 is 1.71 bits per heavy atom. The van der Waals surface area contributed by atoms with Gasteiger partial charge in [-0.05, 0) is 52.7 Å². The van der Waals surface area contributed by atoms with E-state index in [0.29, 0.717) is 0 Å². The molecule has 0 N–H and O–H groups in total. The van der Waals surface area contributed by atoms with Crippen LogP contribution in [0.25, 0.3) is 0 Å². The highest BCUT2D eigenvalue weighted by Gasteiger charge is 2.35. The Morgan fingerprint density at radius 1 is 0.882 bits per heavy atom. The summed E-state index contributed by atoms with van der Waals surface area (Å²) in [5.74, 6) is 0. The Bertz CT molecular complexity index is 268. The van der Waals surface area contributed by atoms with E-state index >= 15 is 0 Å². The second-order valence-corrected chi connectivity index (χ2v) is 6.33. The Balaban J connectivity index is 1.58. The van der Waals surface area contributed by atoms with Crippen molar-refractivity contribution in [3.63, 3.8) is 0 Å². The topological polar surface area (TPSA) is 9.72 Å². The van der Waals surface area contributed by atoms with E-state index in [1.165, 1.54) is 58.4 Å². The van der Waals surface area contributed by atoms with Crippen LogP contribution in [0.4, 0.5) is 0 Å². The molecule has 3 nitrogen and oxygen atoms in total. The minimum atomic E-state index is 0.773. The number of piperidine rings is 1. The molecular weight excluding hydrogens is 210 g/mol. The highest BCUT2D eigenvalue weighted by atomic mass is 15.3. The van der Waals surface area contributed by atoms with Gasteiger partial charge in [-0.2, -0.15) is 0 Å². The van der Waals surface area contributed by atoms with Gasteiger partial charge in [0.2, 0.25) is 0 Å². The molecule has 3 aliphatic heterocycles. The summed E-state index contributed by atoms with van der Waals surface area (Å²) >= 11 is 0. The van der Waals surface area contributed by atoms with Gasteiger partial charge in [0.1, 0.15) is 0 Å². The normalized spacial score (nSPS) is 41.6. The maximum Gasteiger partial charge on any atom is 0.0224 e. The van der Waals surface area contributed by atoms with E-state index in [1.807, 2.05) is 0 Å². The van der Waals surface area contributed by atoms with Crippen molar-refractivity contribution >= 4 is 0 Å². The van der Waals surface area contributed by atoms with Crippen LogP contribution in [0.2, 0.25) is 0 Å². The molecule has 0 aromatic heterocycles. The molecule has 0 amide bonds. The molecule has 98 valence electrons. The van der Waals surface area contributed by atoms with Gasteiger partial charge in [0.25, 0.3) is 0 Å². The largest absolute Gasteiger partial charge is 0.304 e. The van der Waals surface area contributed by atoms with Crippen LogP contribution < -0.4 is 0 Å². The average molecular weight is 237 g/mol. The summed E-state index contributed by atoms with van der Waals surface area (Å²) in [5.41, 5.74) is 0. The van der Waals surface area contributed by atoms with Crippen molar-refractivity contribution in [1.29, 1.82) is 0 Å². The molecule has 0 aliphatic carbocycles. The summed E-state index contributed by atoms with van der Waals surface area (Å²) in [5, 5.41) is 0. The van der Waals surface area contributed by atoms with Crippen LogP contribution >= 0.6 is 0 Å². The number of likely N-dealkylation sites (tertiary alicyclic amines) is 1. The van der Waals surface area contributed by atoms with Crippen LogP contribution in [0, 0.1) is 0 Å². The smallest absolute Gasteiger partial charge is 0.0224 e. The number of fused-ring (bicyclic) bond motifs is 1. The lowest BCUT2D eigenvalue weighted by Gasteiger charge is -2.45. The van der Waals surface area contributed by atoms with Gasteiger partial charge in [0.15, 0.2) is 0 Å². The third-order valence-corrected chi connectivity index (χ3v) is 5.32. The van der Waals surface area contributed by atoms with Crippen LogP contribution in [0.5, 0.6) is 0 Å². The molecule has 3 saturated heterocycles. The zero-order chi connectivity index (χ0) is 11.8. The monoisotopic (exact) mass is 237 g/mol. The second kappa shape index (κ2) is 4.87. The van der Waals surface area contributed by atoms with Crippen molar-refractivity contribution in [3.05, 3.63) is 0 Å². The van der Waals surface area contributed by atoms with E-state index in [-0.39, 0.29) is 0 Å².